The van der Waals surface area contributed by atoms with Crippen molar-refractivity contribution in [1.82, 2.24) is 0 Å². The van der Waals surface area contributed by atoms with Gasteiger partial charge < -0.3 is 9.47 Å². The summed E-state index contributed by atoms with van der Waals surface area (Å²) in [5.41, 5.74) is 4.23. The molecule has 0 N–H and O–H groups in total. The second-order valence-electron chi connectivity index (χ2n) is 6.40. The van der Waals surface area contributed by atoms with Crippen molar-refractivity contribution >= 4 is 5.57 Å². The lowest BCUT2D eigenvalue weighted by Crippen LogP contribution is -2.02. The molecule has 0 saturated carbocycles. The largest absolute Gasteiger partial charge is 0.497 e. The third-order valence-corrected chi connectivity index (χ3v) is 4.96. The first-order valence-corrected chi connectivity index (χ1v) is 8.77. The minimum absolute atomic E-state index is 0.637. The van der Waals surface area contributed by atoms with Crippen LogP contribution in [0.25, 0.3) is 5.57 Å². The SMILES string of the molecule is COc1ccc(/C2=C/CCCC(c3ccc(OC)cc3)CC2)cc1. The normalized spacial score (nSPS) is 20.4. The molecule has 1 atom stereocenters. The van der Waals surface area contributed by atoms with Gasteiger partial charge in [-0.15, -0.1) is 0 Å². The summed E-state index contributed by atoms with van der Waals surface area (Å²) in [6, 6.07) is 17.1. The highest BCUT2D eigenvalue weighted by Crippen LogP contribution is 2.34. The standard InChI is InChI=1S/C22H26O2/c1-23-21-13-9-19(10-14-21)17-5-3-4-6-18(8-7-17)20-11-15-22(24-2)16-12-20/h5,9-16,18H,3-4,6-8H2,1-2H3/b17-5+. The minimum atomic E-state index is 0.637. The summed E-state index contributed by atoms with van der Waals surface area (Å²) < 4.78 is 10.5. The number of hydrogen-bond donors (Lipinski definition) is 0. The van der Waals surface area contributed by atoms with Crippen molar-refractivity contribution in [3.63, 3.8) is 0 Å². The average molecular weight is 322 g/mol. The van der Waals surface area contributed by atoms with Gasteiger partial charge in [-0.2, -0.15) is 0 Å². The van der Waals surface area contributed by atoms with Gasteiger partial charge in [0.15, 0.2) is 0 Å². The number of hydrogen-bond acceptors (Lipinski definition) is 2. The molecule has 0 amide bonds. The van der Waals surface area contributed by atoms with Crippen LogP contribution >= 0.6 is 0 Å². The third-order valence-electron chi connectivity index (χ3n) is 4.96. The van der Waals surface area contributed by atoms with Gasteiger partial charge in [-0.1, -0.05) is 30.3 Å². The Morgan fingerprint density at radius 3 is 2.04 bits per heavy atom. The van der Waals surface area contributed by atoms with Crippen LogP contribution in [0.5, 0.6) is 11.5 Å². The Balaban J connectivity index is 1.71. The van der Waals surface area contributed by atoms with E-state index in [2.05, 4.69) is 54.6 Å². The van der Waals surface area contributed by atoms with Crippen LogP contribution in [0.15, 0.2) is 54.6 Å². The molecule has 2 heteroatoms. The van der Waals surface area contributed by atoms with E-state index >= 15 is 0 Å². The van der Waals surface area contributed by atoms with E-state index in [1.165, 1.54) is 36.0 Å². The molecule has 1 aliphatic carbocycles. The van der Waals surface area contributed by atoms with Crippen LogP contribution in [-0.4, -0.2) is 14.2 Å². The zero-order chi connectivity index (χ0) is 16.8. The number of rotatable bonds is 4. The maximum atomic E-state index is 5.28. The van der Waals surface area contributed by atoms with Crippen molar-refractivity contribution in [2.75, 3.05) is 14.2 Å². The molecule has 0 radical (unpaired) electrons. The van der Waals surface area contributed by atoms with E-state index in [9.17, 15) is 0 Å². The van der Waals surface area contributed by atoms with Crippen LogP contribution in [-0.2, 0) is 0 Å². The van der Waals surface area contributed by atoms with Gasteiger partial charge in [-0.05, 0) is 79.0 Å². The molecule has 2 nitrogen and oxygen atoms in total. The first-order chi connectivity index (χ1) is 11.8. The van der Waals surface area contributed by atoms with Crippen LogP contribution in [0, 0.1) is 0 Å². The lowest BCUT2D eigenvalue weighted by molar-refractivity contribution is 0.414. The molecule has 126 valence electrons. The Morgan fingerprint density at radius 2 is 1.42 bits per heavy atom. The molecule has 2 aromatic rings. The maximum absolute atomic E-state index is 5.28. The second-order valence-corrected chi connectivity index (χ2v) is 6.40. The molecule has 0 bridgehead atoms. The molecular formula is C22H26O2. The van der Waals surface area contributed by atoms with E-state index in [4.69, 9.17) is 9.47 Å². The first-order valence-electron chi connectivity index (χ1n) is 8.77. The maximum Gasteiger partial charge on any atom is 0.118 e. The summed E-state index contributed by atoms with van der Waals surface area (Å²) in [7, 11) is 3.43. The molecule has 3 rings (SSSR count). The summed E-state index contributed by atoms with van der Waals surface area (Å²) in [4.78, 5) is 0. The quantitative estimate of drug-likeness (QED) is 0.704. The van der Waals surface area contributed by atoms with Gasteiger partial charge in [0.1, 0.15) is 11.5 Å². The zero-order valence-corrected chi connectivity index (χ0v) is 14.6. The Morgan fingerprint density at radius 1 is 0.792 bits per heavy atom. The third kappa shape index (κ3) is 4.00. The van der Waals surface area contributed by atoms with Crippen LogP contribution in [0.1, 0.15) is 49.1 Å². The fourth-order valence-electron chi connectivity index (χ4n) is 3.49. The van der Waals surface area contributed by atoms with Gasteiger partial charge in [0, 0.05) is 0 Å². The predicted octanol–water partition coefficient (Wildman–Crippen LogP) is 5.84. The van der Waals surface area contributed by atoms with Crippen molar-refractivity contribution in [1.29, 1.82) is 0 Å². The highest BCUT2D eigenvalue weighted by Gasteiger charge is 2.15. The highest BCUT2D eigenvalue weighted by molar-refractivity contribution is 5.66. The summed E-state index contributed by atoms with van der Waals surface area (Å²) in [5.74, 6) is 2.49. The topological polar surface area (TPSA) is 18.5 Å². The number of ether oxygens (including phenoxy) is 2. The zero-order valence-electron chi connectivity index (χ0n) is 14.6. The lowest BCUT2D eigenvalue weighted by Gasteiger charge is -2.21. The fraction of sp³-hybridized carbons (Fsp3) is 0.364. The monoisotopic (exact) mass is 322 g/mol. The summed E-state index contributed by atoms with van der Waals surface area (Å²) in [6.45, 7) is 0. The van der Waals surface area contributed by atoms with E-state index in [1.54, 1.807) is 14.2 Å². The Hall–Kier alpha value is -2.22. The van der Waals surface area contributed by atoms with Crippen LogP contribution in [0.2, 0.25) is 0 Å². The molecule has 24 heavy (non-hydrogen) atoms. The van der Waals surface area contributed by atoms with E-state index < -0.39 is 0 Å². The van der Waals surface area contributed by atoms with Crippen molar-refractivity contribution in [3.8, 4) is 11.5 Å². The molecule has 0 heterocycles. The van der Waals surface area contributed by atoms with Crippen molar-refractivity contribution in [2.24, 2.45) is 0 Å². The van der Waals surface area contributed by atoms with E-state index in [-0.39, 0.29) is 0 Å². The summed E-state index contributed by atoms with van der Waals surface area (Å²) in [6.07, 6.45) is 8.42. The van der Waals surface area contributed by atoms with Gasteiger partial charge in [-0.25, -0.2) is 0 Å². The van der Waals surface area contributed by atoms with Crippen LogP contribution in [0.4, 0.5) is 0 Å². The summed E-state index contributed by atoms with van der Waals surface area (Å²) in [5, 5.41) is 0. The Kier molecular flexibility index (Phi) is 5.58. The van der Waals surface area contributed by atoms with E-state index in [1.807, 2.05) is 0 Å². The van der Waals surface area contributed by atoms with Crippen molar-refractivity contribution < 1.29 is 9.47 Å². The van der Waals surface area contributed by atoms with Crippen LogP contribution < -0.4 is 9.47 Å². The Labute approximate surface area is 145 Å². The van der Waals surface area contributed by atoms with E-state index in [0.717, 1.165) is 24.3 Å². The van der Waals surface area contributed by atoms with Crippen molar-refractivity contribution in [2.45, 2.75) is 38.0 Å². The molecule has 0 aliphatic heterocycles. The predicted molar refractivity (Wildman–Crippen MR) is 99.8 cm³/mol. The lowest BCUT2D eigenvalue weighted by atomic mass is 9.84. The summed E-state index contributed by atoms with van der Waals surface area (Å²) >= 11 is 0. The van der Waals surface area contributed by atoms with Gasteiger partial charge in [0.25, 0.3) is 0 Å². The fourth-order valence-corrected chi connectivity index (χ4v) is 3.49. The molecule has 2 aromatic carbocycles. The second kappa shape index (κ2) is 8.05. The van der Waals surface area contributed by atoms with E-state index in [0.29, 0.717) is 5.92 Å². The molecule has 0 fully saturated rings. The molecular weight excluding hydrogens is 296 g/mol. The van der Waals surface area contributed by atoms with Gasteiger partial charge in [0.05, 0.1) is 14.2 Å². The number of allylic oxidation sites excluding steroid dienone is 2. The molecule has 0 spiro atoms. The van der Waals surface area contributed by atoms with Gasteiger partial charge in [-0.3, -0.25) is 0 Å². The Bertz CT molecular complexity index is 668. The minimum Gasteiger partial charge on any atom is -0.497 e. The molecule has 0 saturated heterocycles. The van der Waals surface area contributed by atoms with Gasteiger partial charge in [0.2, 0.25) is 0 Å². The molecule has 1 aliphatic rings. The number of methoxy groups -OCH3 is 2. The molecule has 0 aromatic heterocycles. The average Bonchev–Trinajstić information content (AvgIpc) is 2.62. The first kappa shape index (κ1) is 16.6. The van der Waals surface area contributed by atoms with Crippen LogP contribution in [0.3, 0.4) is 0 Å². The van der Waals surface area contributed by atoms with Gasteiger partial charge >= 0.3 is 0 Å². The number of benzene rings is 2. The van der Waals surface area contributed by atoms with Crippen molar-refractivity contribution in [3.05, 3.63) is 65.7 Å². The smallest absolute Gasteiger partial charge is 0.118 e. The molecule has 1 unspecified atom stereocenters. The highest BCUT2D eigenvalue weighted by atomic mass is 16.5.